The van der Waals surface area contributed by atoms with Crippen molar-refractivity contribution in [2.75, 3.05) is 13.2 Å². The van der Waals surface area contributed by atoms with Crippen molar-refractivity contribution in [2.24, 2.45) is 11.7 Å². The first-order chi connectivity index (χ1) is 6.99. The van der Waals surface area contributed by atoms with Gasteiger partial charge in [0.1, 0.15) is 0 Å². The highest BCUT2D eigenvalue weighted by Gasteiger charge is 2.14. The van der Waals surface area contributed by atoms with Crippen LogP contribution in [0.1, 0.15) is 34.1 Å². The molecule has 4 nitrogen and oxygen atoms in total. The molecule has 4 heteroatoms. The molecular formula is C11H24N2O2. The summed E-state index contributed by atoms with van der Waals surface area (Å²) in [5, 5.41) is 3.03. The van der Waals surface area contributed by atoms with Crippen molar-refractivity contribution in [2.45, 2.75) is 46.3 Å². The molecule has 0 aromatic carbocycles. The Labute approximate surface area is 92.6 Å². The van der Waals surface area contributed by atoms with Gasteiger partial charge in [-0.05, 0) is 25.8 Å². The fourth-order valence-corrected chi connectivity index (χ4v) is 1.16. The number of carbonyl (C=O) groups excluding carboxylic acids is 1. The number of carbonyl (C=O) groups is 1. The van der Waals surface area contributed by atoms with Crippen molar-refractivity contribution in [3.8, 4) is 0 Å². The zero-order valence-corrected chi connectivity index (χ0v) is 10.2. The Balaban J connectivity index is 3.75. The van der Waals surface area contributed by atoms with E-state index >= 15 is 0 Å². The summed E-state index contributed by atoms with van der Waals surface area (Å²) in [6, 6.07) is -0.269. The van der Waals surface area contributed by atoms with Gasteiger partial charge < -0.3 is 15.8 Å². The van der Waals surface area contributed by atoms with Gasteiger partial charge >= 0.3 is 0 Å². The van der Waals surface area contributed by atoms with E-state index in [9.17, 15) is 4.79 Å². The molecule has 0 aromatic heterocycles. The second kappa shape index (κ2) is 7.65. The Morgan fingerprint density at radius 2 is 2.00 bits per heavy atom. The van der Waals surface area contributed by atoms with E-state index in [1.165, 1.54) is 0 Å². The SMILES string of the molecule is CCNC(CCOC(C)C(C)C)C(N)=O. The van der Waals surface area contributed by atoms with E-state index in [4.69, 9.17) is 10.5 Å². The second-order valence-electron chi connectivity index (χ2n) is 4.12. The standard InChI is InChI=1S/C11H24N2O2/c1-5-13-10(11(12)14)6-7-15-9(4)8(2)3/h8-10,13H,5-7H2,1-4H3,(H2,12,14). The van der Waals surface area contributed by atoms with E-state index in [0.717, 1.165) is 6.54 Å². The van der Waals surface area contributed by atoms with Crippen molar-refractivity contribution in [3.63, 3.8) is 0 Å². The molecule has 0 radical (unpaired) electrons. The molecule has 15 heavy (non-hydrogen) atoms. The number of nitrogens with one attached hydrogen (secondary N) is 1. The number of amides is 1. The number of rotatable bonds is 8. The topological polar surface area (TPSA) is 64.3 Å². The highest BCUT2D eigenvalue weighted by Crippen LogP contribution is 2.06. The summed E-state index contributed by atoms with van der Waals surface area (Å²) in [5.74, 6) is 0.189. The molecule has 0 aliphatic heterocycles. The summed E-state index contributed by atoms with van der Waals surface area (Å²) in [6.07, 6.45) is 0.861. The van der Waals surface area contributed by atoms with Crippen LogP contribution < -0.4 is 11.1 Å². The second-order valence-corrected chi connectivity index (χ2v) is 4.12. The van der Waals surface area contributed by atoms with Crippen LogP contribution in [-0.2, 0) is 9.53 Å². The third-order valence-corrected chi connectivity index (χ3v) is 2.52. The Morgan fingerprint density at radius 1 is 1.40 bits per heavy atom. The minimum absolute atomic E-state index is 0.222. The van der Waals surface area contributed by atoms with Crippen LogP contribution in [0.3, 0.4) is 0 Å². The monoisotopic (exact) mass is 216 g/mol. The number of hydrogen-bond donors (Lipinski definition) is 2. The minimum Gasteiger partial charge on any atom is -0.378 e. The highest BCUT2D eigenvalue weighted by atomic mass is 16.5. The molecule has 2 atom stereocenters. The Hall–Kier alpha value is -0.610. The molecule has 0 spiro atoms. The highest BCUT2D eigenvalue weighted by molar-refractivity contribution is 5.79. The first-order valence-corrected chi connectivity index (χ1v) is 5.63. The number of nitrogens with two attached hydrogens (primary N) is 1. The zero-order chi connectivity index (χ0) is 11.8. The molecule has 0 saturated carbocycles. The molecule has 0 heterocycles. The lowest BCUT2D eigenvalue weighted by molar-refractivity contribution is -0.120. The molecule has 0 bridgehead atoms. The van der Waals surface area contributed by atoms with Crippen LogP contribution in [0.15, 0.2) is 0 Å². The lowest BCUT2D eigenvalue weighted by Gasteiger charge is -2.19. The van der Waals surface area contributed by atoms with Crippen LogP contribution in [0, 0.1) is 5.92 Å². The van der Waals surface area contributed by atoms with Gasteiger partial charge in [0.25, 0.3) is 0 Å². The molecule has 0 saturated heterocycles. The molecule has 0 fully saturated rings. The Morgan fingerprint density at radius 3 is 2.40 bits per heavy atom. The van der Waals surface area contributed by atoms with Crippen molar-refractivity contribution in [1.29, 1.82) is 0 Å². The van der Waals surface area contributed by atoms with Crippen LogP contribution in [0.4, 0.5) is 0 Å². The van der Waals surface area contributed by atoms with Crippen LogP contribution >= 0.6 is 0 Å². The lowest BCUT2D eigenvalue weighted by Crippen LogP contribution is -2.42. The van der Waals surface area contributed by atoms with E-state index in [2.05, 4.69) is 19.2 Å². The van der Waals surface area contributed by atoms with E-state index < -0.39 is 0 Å². The smallest absolute Gasteiger partial charge is 0.234 e. The summed E-state index contributed by atoms with van der Waals surface area (Å²) in [4.78, 5) is 11.0. The number of hydrogen-bond acceptors (Lipinski definition) is 3. The number of likely N-dealkylation sites (N-methyl/N-ethyl adjacent to an activating group) is 1. The molecule has 90 valence electrons. The normalized spacial score (nSPS) is 15.3. The first kappa shape index (κ1) is 14.4. The minimum atomic E-state index is -0.308. The van der Waals surface area contributed by atoms with E-state index in [-0.39, 0.29) is 18.1 Å². The van der Waals surface area contributed by atoms with Crippen LogP contribution in [-0.4, -0.2) is 31.2 Å². The maximum Gasteiger partial charge on any atom is 0.234 e. The fourth-order valence-electron chi connectivity index (χ4n) is 1.16. The summed E-state index contributed by atoms with van der Waals surface area (Å²) >= 11 is 0. The molecule has 0 rings (SSSR count). The summed E-state index contributed by atoms with van der Waals surface area (Å²) in [7, 11) is 0. The van der Waals surface area contributed by atoms with E-state index in [1.54, 1.807) is 0 Å². The third-order valence-electron chi connectivity index (χ3n) is 2.52. The summed E-state index contributed by atoms with van der Waals surface area (Å²) in [5.41, 5.74) is 5.24. The largest absolute Gasteiger partial charge is 0.378 e. The molecule has 0 aliphatic rings. The van der Waals surface area contributed by atoms with Crippen molar-refractivity contribution < 1.29 is 9.53 Å². The Bertz CT molecular complexity index is 183. The lowest BCUT2D eigenvalue weighted by atomic mass is 10.1. The zero-order valence-electron chi connectivity index (χ0n) is 10.2. The van der Waals surface area contributed by atoms with Crippen molar-refractivity contribution in [3.05, 3.63) is 0 Å². The van der Waals surface area contributed by atoms with Gasteiger partial charge in [-0.2, -0.15) is 0 Å². The van der Waals surface area contributed by atoms with Gasteiger partial charge in [-0.3, -0.25) is 4.79 Å². The van der Waals surface area contributed by atoms with Gasteiger partial charge in [-0.25, -0.2) is 0 Å². The van der Waals surface area contributed by atoms with Crippen molar-refractivity contribution >= 4 is 5.91 Å². The predicted molar refractivity (Wildman–Crippen MR) is 61.5 cm³/mol. The van der Waals surface area contributed by atoms with Crippen LogP contribution in [0.25, 0.3) is 0 Å². The van der Waals surface area contributed by atoms with Crippen molar-refractivity contribution in [1.82, 2.24) is 5.32 Å². The third kappa shape index (κ3) is 6.47. The fraction of sp³-hybridized carbons (Fsp3) is 0.909. The van der Waals surface area contributed by atoms with Gasteiger partial charge in [-0.1, -0.05) is 20.8 Å². The van der Waals surface area contributed by atoms with E-state index in [1.807, 2.05) is 13.8 Å². The quantitative estimate of drug-likeness (QED) is 0.633. The number of primary amides is 1. The van der Waals surface area contributed by atoms with Gasteiger partial charge in [-0.15, -0.1) is 0 Å². The van der Waals surface area contributed by atoms with Gasteiger partial charge in [0.15, 0.2) is 0 Å². The van der Waals surface area contributed by atoms with Gasteiger partial charge in [0.2, 0.25) is 5.91 Å². The molecule has 1 amide bonds. The van der Waals surface area contributed by atoms with Gasteiger partial charge in [0.05, 0.1) is 12.1 Å². The predicted octanol–water partition coefficient (Wildman–Crippen LogP) is 0.901. The summed E-state index contributed by atoms with van der Waals surface area (Å²) in [6.45, 7) is 9.53. The molecule has 0 aromatic rings. The maximum atomic E-state index is 11.0. The Kier molecular flexibility index (Phi) is 7.34. The first-order valence-electron chi connectivity index (χ1n) is 5.63. The maximum absolute atomic E-state index is 11.0. The average molecular weight is 216 g/mol. The molecule has 3 N–H and O–H groups in total. The van der Waals surface area contributed by atoms with Crippen LogP contribution in [0.5, 0.6) is 0 Å². The van der Waals surface area contributed by atoms with Crippen LogP contribution in [0.2, 0.25) is 0 Å². The molecule has 0 aliphatic carbocycles. The van der Waals surface area contributed by atoms with Gasteiger partial charge in [0, 0.05) is 6.61 Å². The number of ether oxygens (including phenoxy) is 1. The average Bonchev–Trinajstić information content (AvgIpc) is 2.15. The molecular weight excluding hydrogens is 192 g/mol. The van der Waals surface area contributed by atoms with E-state index in [0.29, 0.717) is 18.9 Å². The summed E-state index contributed by atoms with van der Waals surface area (Å²) < 4.78 is 5.58. The molecule has 2 unspecified atom stereocenters.